The molecule has 160 valence electrons. The van der Waals surface area contributed by atoms with Crippen molar-refractivity contribution in [3.63, 3.8) is 0 Å². The summed E-state index contributed by atoms with van der Waals surface area (Å²) in [5.74, 6) is 0.888. The van der Waals surface area contributed by atoms with Gasteiger partial charge in [0.05, 0.1) is 23.6 Å². The molecule has 0 amide bonds. The van der Waals surface area contributed by atoms with E-state index in [1.54, 1.807) is 13.8 Å². The molecule has 0 fully saturated rings. The van der Waals surface area contributed by atoms with Crippen LogP contribution in [-0.2, 0) is 10.9 Å². The number of anilines is 1. The van der Waals surface area contributed by atoms with Gasteiger partial charge in [0.15, 0.2) is 0 Å². The van der Waals surface area contributed by atoms with Gasteiger partial charge in [0.1, 0.15) is 41.9 Å². The summed E-state index contributed by atoms with van der Waals surface area (Å²) in [5.41, 5.74) is -1.09. The molecule has 0 aliphatic carbocycles. The van der Waals surface area contributed by atoms with Gasteiger partial charge in [-0.2, -0.15) is 13.2 Å². The van der Waals surface area contributed by atoms with Crippen LogP contribution in [0, 0.1) is 0 Å². The van der Waals surface area contributed by atoms with Crippen molar-refractivity contribution in [2.24, 2.45) is 0 Å². The molecule has 1 aliphatic heterocycles. The Hall–Kier alpha value is -2.85. The predicted molar refractivity (Wildman–Crippen MR) is 103 cm³/mol. The number of halogens is 3. The number of alkyl halides is 3. The number of aromatic nitrogens is 3. The number of para-hydroxylation sites is 1. The largest absolute Gasteiger partial charge is 0.490 e. The first-order valence-corrected chi connectivity index (χ1v) is 9.35. The number of rotatable bonds is 5. The van der Waals surface area contributed by atoms with Crippen LogP contribution in [0.25, 0.3) is 11.0 Å². The molecule has 10 heteroatoms. The Labute approximate surface area is 170 Å². The van der Waals surface area contributed by atoms with E-state index in [1.807, 2.05) is 24.3 Å². The fourth-order valence-corrected chi connectivity index (χ4v) is 3.32. The number of hydrogen-bond acceptors (Lipinski definition) is 6. The van der Waals surface area contributed by atoms with E-state index in [4.69, 9.17) is 9.47 Å². The van der Waals surface area contributed by atoms with Crippen molar-refractivity contribution in [3.8, 4) is 5.75 Å². The van der Waals surface area contributed by atoms with Crippen LogP contribution in [0.5, 0.6) is 5.75 Å². The van der Waals surface area contributed by atoms with Crippen molar-refractivity contribution < 1.29 is 27.8 Å². The van der Waals surface area contributed by atoms with E-state index in [1.165, 1.54) is 6.33 Å². The van der Waals surface area contributed by atoms with Crippen molar-refractivity contribution in [1.29, 1.82) is 0 Å². The summed E-state index contributed by atoms with van der Waals surface area (Å²) >= 11 is 0. The molecule has 2 aromatic heterocycles. The maximum atomic E-state index is 13.1. The highest BCUT2D eigenvalue weighted by Crippen LogP contribution is 2.38. The number of hydrogen-bond donors (Lipinski definition) is 3. The lowest BCUT2D eigenvalue weighted by Crippen LogP contribution is -2.40. The van der Waals surface area contributed by atoms with Gasteiger partial charge in [-0.05, 0) is 26.0 Å². The Kier molecular flexibility index (Phi) is 5.07. The number of aliphatic hydroxyl groups is 1. The number of fused-ring (bicyclic) bond motifs is 2. The summed E-state index contributed by atoms with van der Waals surface area (Å²) in [7, 11) is 0. The molecule has 0 saturated heterocycles. The van der Waals surface area contributed by atoms with Crippen molar-refractivity contribution in [2.75, 3.05) is 18.5 Å². The Bertz CT molecular complexity index is 1050. The van der Waals surface area contributed by atoms with Crippen LogP contribution in [0.2, 0.25) is 0 Å². The zero-order valence-electron chi connectivity index (χ0n) is 16.3. The van der Waals surface area contributed by atoms with Gasteiger partial charge < -0.3 is 24.9 Å². The lowest BCUT2D eigenvalue weighted by Gasteiger charge is -2.35. The number of benzene rings is 1. The molecular formula is C20H21F3N4O3. The van der Waals surface area contributed by atoms with Crippen molar-refractivity contribution in [2.45, 2.75) is 37.8 Å². The second-order valence-corrected chi connectivity index (χ2v) is 7.80. The second kappa shape index (κ2) is 7.44. The Morgan fingerprint density at radius 3 is 2.77 bits per heavy atom. The molecule has 3 N–H and O–H groups in total. The molecule has 2 atom stereocenters. The van der Waals surface area contributed by atoms with Crippen LogP contribution in [-0.4, -0.2) is 45.0 Å². The molecule has 1 aromatic carbocycles. The minimum Gasteiger partial charge on any atom is -0.490 e. The van der Waals surface area contributed by atoms with Crippen LogP contribution in [0.3, 0.4) is 0 Å². The molecule has 30 heavy (non-hydrogen) atoms. The van der Waals surface area contributed by atoms with E-state index in [0.29, 0.717) is 5.75 Å². The van der Waals surface area contributed by atoms with E-state index in [2.05, 4.69) is 20.3 Å². The van der Waals surface area contributed by atoms with Gasteiger partial charge in [0.2, 0.25) is 0 Å². The number of nitrogens with one attached hydrogen (secondary N) is 2. The Balaban J connectivity index is 1.70. The number of nitrogens with zero attached hydrogens (tertiary/aromatic N) is 2. The second-order valence-electron chi connectivity index (χ2n) is 7.80. The van der Waals surface area contributed by atoms with Crippen LogP contribution in [0.1, 0.15) is 31.1 Å². The normalized spacial score (nSPS) is 19.4. The lowest BCUT2D eigenvalue weighted by atomic mass is 9.97. The quantitative estimate of drug-likeness (QED) is 0.581. The highest BCUT2D eigenvalue weighted by Gasteiger charge is 2.35. The van der Waals surface area contributed by atoms with Gasteiger partial charge in [-0.3, -0.25) is 0 Å². The van der Waals surface area contributed by atoms with Gasteiger partial charge in [-0.15, -0.1) is 0 Å². The molecular weight excluding hydrogens is 401 g/mol. The van der Waals surface area contributed by atoms with Gasteiger partial charge in [0.25, 0.3) is 0 Å². The Morgan fingerprint density at radius 2 is 2.03 bits per heavy atom. The molecule has 2 unspecified atom stereocenters. The number of ether oxygens (including phenoxy) is 2. The zero-order chi connectivity index (χ0) is 21.5. The van der Waals surface area contributed by atoms with Crippen molar-refractivity contribution >= 4 is 16.9 Å². The molecule has 0 spiro atoms. The fraction of sp³-hybridized carbons (Fsp3) is 0.400. The molecule has 7 nitrogen and oxygen atoms in total. The molecule has 0 bridgehead atoms. The van der Waals surface area contributed by atoms with Crippen LogP contribution < -0.4 is 10.1 Å². The topological polar surface area (TPSA) is 92.3 Å². The SMILES string of the molecule is CC(C)(O)COC1COc2ccccc2C1Nc1ncnc2[nH]c(C(F)(F)F)cc12. The summed E-state index contributed by atoms with van der Waals surface area (Å²) in [6.45, 7) is 3.52. The highest BCUT2D eigenvalue weighted by molar-refractivity contribution is 5.88. The third-order valence-corrected chi connectivity index (χ3v) is 4.70. The molecule has 4 rings (SSSR count). The molecule has 3 heterocycles. The average Bonchev–Trinajstić information content (AvgIpc) is 3.12. The van der Waals surface area contributed by atoms with E-state index in [-0.39, 0.29) is 30.1 Å². The first-order valence-electron chi connectivity index (χ1n) is 9.35. The minimum atomic E-state index is -4.53. The standard InChI is InChI=1S/C20H21F3N4O3/c1-19(2,28)9-30-14-8-29-13-6-4-3-5-11(13)16(14)27-18-12-7-15(20(21,22)23)26-17(12)24-10-25-18/h3-7,10,14,16,28H,8-9H2,1-2H3,(H2,24,25,26,27). The first-order chi connectivity index (χ1) is 14.1. The van der Waals surface area contributed by atoms with E-state index >= 15 is 0 Å². The predicted octanol–water partition coefficient (Wildman–Crippen LogP) is 3.68. The monoisotopic (exact) mass is 422 g/mol. The fourth-order valence-electron chi connectivity index (χ4n) is 3.32. The van der Waals surface area contributed by atoms with Crippen LogP contribution in [0.15, 0.2) is 36.7 Å². The maximum absolute atomic E-state index is 13.1. The summed E-state index contributed by atoms with van der Waals surface area (Å²) in [6, 6.07) is 7.85. The zero-order valence-corrected chi connectivity index (χ0v) is 16.3. The maximum Gasteiger partial charge on any atom is 0.431 e. The highest BCUT2D eigenvalue weighted by atomic mass is 19.4. The average molecular weight is 422 g/mol. The molecule has 1 aliphatic rings. The van der Waals surface area contributed by atoms with Gasteiger partial charge in [-0.1, -0.05) is 18.2 Å². The van der Waals surface area contributed by atoms with E-state index in [9.17, 15) is 18.3 Å². The van der Waals surface area contributed by atoms with Gasteiger partial charge >= 0.3 is 6.18 Å². The van der Waals surface area contributed by atoms with Gasteiger partial charge in [-0.25, -0.2) is 9.97 Å². The lowest BCUT2D eigenvalue weighted by molar-refractivity contribution is -0.140. The summed E-state index contributed by atoms with van der Waals surface area (Å²) in [6.07, 6.45) is -3.83. The van der Waals surface area contributed by atoms with E-state index in [0.717, 1.165) is 11.6 Å². The number of H-pyrrole nitrogens is 1. The van der Waals surface area contributed by atoms with Crippen LogP contribution in [0.4, 0.5) is 19.0 Å². The van der Waals surface area contributed by atoms with E-state index < -0.39 is 29.6 Å². The molecule has 0 radical (unpaired) electrons. The summed E-state index contributed by atoms with van der Waals surface area (Å²) in [4.78, 5) is 10.3. The van der Waals surface area contributed by atoms with Crippen molar-refractivity contribution in [3.05, 3.63) is 47.9 Å². The first kappa shape index (κ1) is 20.4. The third-order valence-electron chi connectivity index (χ3n) is 4.70. The third kappa shape index (κ3) is 4.19. The molecule has 3 aromatic rings. The molecule has 0 saturated carbocycles. The smallest absolute Gasteiger partial charge is 0.431 e. The summed E-state index contributed by atoms with van der Waals surface area (Å²) < 4.78 is 51.0. The van der Waals surface area contributed by atoms with Gasteiger partial charge in [0, 0.05) is 5.56 Å². The van der Waals surface area contributed by atoms with Crippen molar-refractivity contribution in [1.82, 2.24) is 15.0 Å². The Morgan fingerprint density at radius 1 is 1.27 bits per heavy atom. The minimum absolute atomic E-state index is 0.0585. The van der Waals surface area contributed by atoms with Crippen LogP contribution >= 0.6 is 0 Å². The summed E-state index contributed by atoms with van der Waals surface area (Å²) in [5, 5.41) is 13.4. The number of aromatic amines is 1.